The van der Waals surface area contributed by atoms with Gasteiger partial charge in [-0.05, 0) is 24.8 Å². The number of nitro groups is 1. The van der Waals surface area contributed by atoms with Gasteiger partial charge in [0, 0.05) is 11.5 Å². The van der Waals surface area contributed by atoms with E-state index in [1.807, 2.05) is 6.08 Å². The number of nitrogens with one attached hydrogen (secondary N) is 1. The molecule has 0 fully saturated rings. The van der Waals surface area contributed by atoms with Crippen LogP contribution in [0.2, 0.25) is 0 Å². The number of aromatic amines is 1. The molecule has 0 saturated carbocycles. The summed E-state index contributed by atoms with van der Waals surface area (Å²) in [6.07, 6.45) is 8.29. The van der Waals surface area contributed by atoms with Gasteiger partial charge in [0.15, 0.2) is 0 Å². The first-order valence-corrected chi connectivity index (χ1v) is 5.93. The summed E-state index contributed by atoms with van der Waals surface area (Å²) in [4.78, 5) is 10.4. The molecule has 0 aliphatic heterocycles. The predicted octanol–water partition coefficient (Wildman–Crippen LogP) is 2.21. The summed E-state index contributed by atoms with van der Waals surface area (Å²) in [5, 5.41) is 21.3. The summed E-state index contributed by atoms with van der Waals surface area (Å²) in [5.74, 6) is 0.469. The predicted molar refractivity (Wildman–Crippen MR) is 66.4 cm³/mol. The van der Waals surface area contributed by atoms with Crippen molar-refractivity contribution in [1.29, 1.82) is 0 Å². The van der Waals surface area contributed by atoms with Crippen molar-refractivity contribution < 1.29 is 4.92 Å². The topological polar surface area (TPSA) is 84.7 Å². The molecule has 1 aliphatic carbocycles. The van der Waals surface area contributed by atoms with E-state index < -0.39 is 0 Å². The second kappa shape index (κ2) is 4.72. The number of allylic oxidation sites excluding steroid dienone is 3. The molecule has 1 heterocycles. The Morgan fingerprint density at radius 3 is 2.83 bits per heavy atom. The van der Waals surface area contributed by atoms with Crippen LogP contribution >= 0.6 is 0 Å². The normalized spacial score (nSPS) is 23.2. The Hall–Kier alpha value is -1.98. The molecule has 0 aromatic carbocycles. The van der Waals surface area contributed by atoms with Crippen molar-refractivity contribution in [3.63, 3.8) is 0 Å². The summed E-state index contributed by atoms with van der Waals surface area (Å²) < 4.78 is 0. The van der Waals surface area contributed by atoms with Gasteiger partial charge in [0.1, 0.15) is 0 Å². The molecule has 1 N–H and O–H groups in total. The smallest absolute Gasteiger partial charge is 0.258 e. The van der Waals surface area contributed by atoms with Crippen LogP contribution in [-0.2, 0) is 5.41 Å². The first-order valence-electron chi connectivity index (χ1n) is 5.93. The summed E-state index contributed by atoms with van der Waals surface area (Å²) in [6, 6.07) is 0. The number of H-pyrrole nitrogens is 1. The molecule has 0 radical (unpaired) electrons. The van der Waals surface area contributed by atoms with Gasteiger partial charge in [-0.25, -0.2) is 0 Å². The highest BCUT2D eigenvalue weighted by Gasteiger charge is 2.35. The minimum atomic E-state index is -0.363. The highest BCUT2D eigenvalue weighted by atomic mass is 16.6. The fourth-order valence-electron chi connectivity index (χ4n) is 2.42. The first-order chi connectivity index (χ1) is 8.53. The highest BCUT2D eigenvalue weighted by Crippen LogP contribution is 2.38. The van der Waals surface area contributed by atoms with E-state index in [1.165, 1.54) is 0 Å². The monoisotopic (exact) mass is 248 g/mol. The molecule has 6 nitrogen and oxygen atoms in total. The van der Waals surface area contributed by atoms with Gasteiger partial charge in [-0.1, -0.05) is 19.9 Å². The van der Waals surface area contributed by atoms with E-state index in [0.29, 0.717) is 12.3 Å². The van der Waals surface area contributed by atoms with Gasteiger partial charge >= 0.3 is 0 Å². The first kappa shape index (κ1) is 12.5. The quantitative estimate of drug-likeness (QED) is 0.654. The van der Waals surface area contributed by atoms with Crippen molar-refractivity contribution in [2.75, 3.05) is 0 Å². The second-order valence-corrected chi connectivity index (χ2v) is 5.03. The van der Waals surface area contributed by atoms with Crippen molar-refractivity contribution >= 4 is 0 Å². The lowest BCUT2D eigenvalue weighted by Crippen LogP contribution is -2.28. The minimum Gasteiger partial charge on any atom is -0.258 e. The maximum absolute atomic E-state index is 10.7. The molecule has 0 amide bonds. The number of aromatic nitrogens is 3. The van der Waals surface area contributed by atoms with Gasteiger partial charge < -0.3 is 0 Å². The Morgan fingerprint density at radius 2 is 2.39 bits per heavy atom. The van der Waals surface area contributed by atoms with Crippen LogP contribution in [0.1, 0.15) is 32.4 Å². The molecular weight excluding hydrogens is 232 g/mol. The molecule has 6 heteroatoms. The molecule has 1 aliphatic rings. The standard InChI is InChI=1S/C12H16N4O2/c1-9(2)7-12(11-8-13-15-14-11)5-3-10(4-6-12)16(17)18/h3-5,8-9H,6-7H2,1-2H3,(H,13,14,15). The number of rotatable bonds is 4. The molecule has 96 valence electrons. The van der Waals surface area contributed by atoms with E-state index in [1.54, 1.807) is 18.3 Å². The van der Waals surface area contributed by atoms with E-state index in [-0.39, 0.29) is 16.0 Å². The van der Waals surface area contributed by atoms with E-state index in [9.17, 15) is 10.1 Å². The van der Waals surface area contributed by atoms with E-state index in [4.69, 9.17) is 0 Å². The van der Waals surface area contributed by atoms with Crippen LogP contribution in [-0.4, -0.2) is 20.3 Å². The van der Waals surface area contributed by atoms with Crippen LogP contribution in [0.25, 0.3) is 0 Å². The highest BCUT2D eigenvalue weighted by molar-refractivity contribution is 5.32. The molecule has 18 heavy (non-hydrogen) atoms. The lowest BCUT2D eigenvalue weighted by molar-refractivity contribution is -0.419. The van der Waals surface area contributed by atoms with Crippen LogP contribution in [0, 0.1) is 16.0 Å². The second-order valence-electron chi connectivity index (χ2n) is 5.03. The molecule has 1 unspecified atom stereocenters. The van der Waals surface area contributed by atoms with Gasteiger partial charge in [0.05, 0.1) is 16.8 Å². The molecule has 0 spiro atoms. The molecule has 0 saturated heterocycles. The summed E-state index contributed by atoms with van der Waals surface area (Å²) in [5.41, 5.74) is 0.713. The third-order valence-electron chi connectivity index (χ3n) is 3.16. The van der Waals surface area contributed by atoms with Gasteiger partial charge in [0.25, 0.3) is 5.70 Å². The third-order valence-corrected chi connectivity index (χ3v) is 3.16. The van der Waals surface area contributed by atoms with Crippen LogP contribution in [0.3, 0.4) is 0 Å². The fraction of sp³-hybridized carbons (Fsp3) is 0.500. The Balaban J connectivity index is 2.31. The van der Waals surface area contributed by atoms with Crippen molar-refractivity contribution in [2.45, 2.75) is 32.1 Å². The lowest BCUT2D eigenvalue weighted by Gasteiger charge is -2.30. The molecule has 1 atom stereocenters. The summed E-state index contributed by atoms with van der Waals surface area (Å²) in [7, 11) is 0. The summed E-state index contributed by atoms with van der Waals surface area (Å²) >= 11 is 0. The fourth-order valence-corrected chi connectivity index (χ4v) is 2.42. The van der Waals surface area contributed by atoms with Gasteiger partial charge in [-0.15, -0.1) is 0 Å². The third kappa shape index (κ3) is 2.32. The van der Waals surface area contributed by atoms with E-state index in [0.717, 1.165) is 12.1 Å². The van der Waals surface area contributed by atoms with Gasteiger partial charge in [-0.2, -0.15) is 15.4 Å². The maximum atomic E-state index is 10.7. The van der Waals surface area contributed by atoms with Crippen LogP contribution < -0.4 is 0 Å². The van der Waals surface area contributed by atoms with Crippen LogP contribution in [0.15, 0.2) is 30.1 Å². The van der Waals surface area contributed by atoms with E-state index in [2.05, 4.69) is 29.3 Å². The van der Waals surface area contributed by atoms with E-state index >= 15 is 0 Å². The lowest BCUT2D eigenvalue weighted by atomic mass is 9.73. The van der Waals surface area contributed by atoms with Crippen LogP contribution in [0.4, 0.5) is 0 Å². The Morgan fingerprint density at radius 1 is 1.61 bits per heavy atom. The molecule has 1 aromatic heterocycles. The SMILES string of the molecule is CC(C)CC1(c2cn[nH]n2)C=CC([N+](=O)[O-])=CC1. The molecule has 1 aromatic rings. The number of hydrogen-bond acceptors (Lipinski definition) is 4. The van der Waals surface area contributed by atoms with Crippen molar-refractivity contribution in [2.24, 2.45) is 5.92 Å². The minimum absolute atomic E-state index is 0.151. The zero-order valence-corrected chi connectivity index (χ0v) is 10.5. The Kier molecular flexibility index (Phi) is 3.27. The summed E-state index contributed by atoms with van der Waals surface area (Å²) in [6.45, 7) is 4.25. The average molecular weight is 248 g/mol. The molecular formula is C12H16N4O2. The van der Waals surface area contributed by atoms with Gasteiger partial charge in [-0.3, -0.25) is 10.1 Å². The van der Waals surface area contributed by atoms with Crippen molar-refractivity contribution in [3.05, 3.63) is 45.9 Å². The van der Waals surface area contributed by atoms with Gasteiger partial charge in [0.2, 0.25) is 0 Å². The van der Waals surface area contributed by atoms with Crippen molar-refractivity contribution in [3.8, 4) is 0 Å². The number of hydrogen-bond donors (Lipinski definition) is 1. The molecule has 0 bridgehead atoms. The zero-order chi connectivity index (χ0) is 13.2. The largest absolute Gasteiger partial charge is 0.265 e. The van der Waals surface area contributed by atoms with Crippen molar-refractivity contribution in [1.82, 2.24) is 15.4 Å². The number of nitrogens with zero attached hydrogens (tertiary/aromatic N) is 3. The average Bonchev–Trinajstić information content (AvgIpc) is 2.82. The Bertz CT molecular complexity index is 490. The molecule has 2 rings (SSSR count). The van der Waals surface area contributed by atoms with Crippen LogP contribution in [0.5, 0.6) is 0 Å². The maximum Gasteiger partial charge on any atom is 0.265 e. The Labute approximate surface area is 105 Å². The zero-order valence-electron chi connectivity index (χ0n) is 10.5.